The van der Waals surface area contributed by atoms with E-state index in [1.165, 1.54) is 0 Å². The van der Waals surface area contributed by atoms with Crippen molar-refractivity contribution in [3.8, 4) is 0 Å². The lowest BCUT2D eigenvalue weighted by Crippen LogP contribution is -2.46. The Balaban J connectivity index is 3.93. The van der Waals surface area contributed by atoms with Crippen LogP contribution in [0.2, 0.25) is 0 Å². The number of hydrogen-bond donors (Lipinski definition) is 1. The van der Waals surface area contributed by atoms with E-state index in [4.69, 9.17) is 4.74 Å². The van der Waals surface area contributed by atoms with Crippen molar-refractivity contribution in [1.29, 1.82) is 0 Å². The van der Waals surface area contributed by atoms with E-state index in [0.29, 0.717) is 0 Å². The van der Waals surface area contributed by atoms with Crippen LogP contribution in [0.1, 0.15) is 47.0 Å². The molecule has 0 aromatic carbocycles. The molecule has 1 amide bonds. The zero-order valence-electron chi connectivity index (χ0n) is 10.0. The number of carbonyl (C=O) groups is 1. The summed E-state index contributed by atoms with van der Waals surface area (Å²) in [5.41, 5.74) is -0.722. The van der Waals surface area contributed by atoms with Crippen LogP contribution in [0.25, 0.3) is 0 Å². The van der Waals surface area contributed by atoms with Gasteiger partial charge in [-0.3, -0.25) is 4.79 Å². The molecule has 1 unspecified atom stereocenters. The van der Waals surface area contributed by atoms with Crippen molar-refractivity contribution in [2.45, 2.75) is 58.6 Å². The van der Waals surface area contributed by atoms with E-state index in [1.807, 2.05) is 6.92 Å². The highest BCUT2D eigenvalue weighted by atomic mass is 16.5. The lowest BCUT2D eigenvalue weighted by atomic mass is 10.1. The van der Waals surface area contributed by atoms with E-state index >= 15 is 0 Å². The second-order valence-corrected chi connectivity index (χ2v) is 4.23. The summed E-state index contributed by atoms with van der Waals surface area (Å²) >= 11 is 0. The summed E-state index contributed by atoms with van der Waals surface area (Å²) < 4.78 is 5.09. The van der Waals surface area contributed by atoms with Gasteiger partial charge in [-0.05, 0) is 27.2 Å². The Kier molecular flexibility index (Phi) is 5.77. The smallest absolute Gasteiger partial charge is 0.251 e. The topological polar surface area (TPSA) is 38.3 Å². The fourth-order valence-corrected chi connectivity index (χ4v) is 1.07. The number of hydrogen-bond acceptors (Lipinski definition) is 2. The van der Waals surface area contributed by atoms with E-state index in [9.17, 15) is 4.79 Å². The maximum atomic E-state index is 11.6. The SMILES string of the molecule is CCCCC(C)NC(=O)C(C)(C)OC. The highest BCUT2D eigenvalue weighted by molar-refractivity contribution is 5.84. The number of rotatable bonds is 6. The third-order valence-electron chi connectivity index (χ3n) is 2.43. The first-order valence-corrected chi connectivity index (χ1v) is 5.30. The van der Waals surface area contributed by atoms with Crippen molar-refractivity contribution in [2.24, 2.45) is 0 Å². The monoisotopic (exact) mass is 201 g/mol. The van der Waals surface area contributed by atoms with Crippen LogP contribution in [0.4, 0.5) is 0 Å². The molecule has 0 saturated heterocycles. The molecular formula is C11H23NO2. The standard InChI is InChI=1S/C11H23NO2/c1-6-7-8-9(2)12-10(13)11(3,4)14-5/h9H,6-8H2,1-5H3,(H,12,13). The molecule has 0 bridgehead atoms. The van der Waals surface area contributed by atoms with E-state index < -0.39 is 5.60 Å². The van der Waals surface area contributed by atoms with E-state index in [1.54, 1.807) is 21.0 Å². The molecule has 0 saturated carbocycles. The zero-order chi connectivity index (χ0) is 11.2. The number of ether oxygens (including phenoxy) is 1. The Hall–Kier alpha value is -0.570. The third-order valence-corrected chi connectivity index (χ3v) is 2.43. The summed E-state index contributed by atoms with van der Waals surface area (Å²) in [6.45, 7) is 7.72. The molecule has 0 spiro atoms. The van der Waals surface area contributed by atoms with Gasteiger partial charge in [-0.2, -0.15) is 0 Å². The van der Waals surface area contributed by atoms with Gasteiger partial charge in [0, 0.05) is 13.2 Å². The van der Waals surface area contributed by atoms with Crippen LogP contribution in [-0.4, -0.2) is 24.7 Å². The average Bonchev–Trinajstić information content (AvgIpc) is 2.14. The van der Waals surface area contributed by atoms with Crippen LogP contribution in [0.5, 0.6) is 0 Å². The van der Waals surface area contributed by atoms with Crippen LogP contribution >= 0.6 is 0 Å². The van der Waals surface area contributed by atoms with Gasteiger partial charge in [0.25, 0.3) is 5.91 Å². The maximum absolute atomic E-state index is 11.6. The fourth-order valence-electron chi connectivity index (χ4n) is 1.07. The van der Waals surface area contributed by atoms with E-state index in [0.717, 1.165) is 19.3 Å². The van der Waals surface area contributed by atoms with E-state index in [-0.39, 0.29) is 11.9 Å². The molecule has 1 atom stereocenters. The van der Waals surface area contributed by atoms with Crippen molar-refractivity contribution in [2.75, 3.05) is 7.11 Å². The molecule has 84 valence electrons. The van der Waals surface area contributed by atoms with Crippen LogP contribution in [0.15, 0.2) is 0 Å². The van der Waals surface area contributed by atoms with Crippen molar-refractivity contribution in [1.82, 2.24) is 5.32 Å². The Bertz CT molecular complexity index is 178. The van der Waals surface area contributed by atoms with Gasteiger partial charge in [-0.1, -0.05) is 19.8 Å². The summed E-state index contributed by atoms with van der Waals surface area (Å²) in [4.78, 5) is 11.6. The fraction of sp³-hybridized carbons (Fsp3) is 0.909. The predicted molar refractivity (Wildman–Crippen MR) is 58.2 cm³/mol. The first-order valence-electron chi connectivity index (χ1n) is 5.30. The second-order valence-electron chi connectivity index (χ2n) is 4.23. The molecular weight excluding hydrogens is 178 g/mol. The van der Waals surface area contributed by atoms with Crippen LogP contribution < -0.4 is 5.32 Å². The lowest BCUT2D eigenvalue weighted by molar-refractivity contribution is -0.140. The summed E-state index contributed by atoms with van der Waals surface area (Å²) in [6, 6.07) is 0.233. The molecule has 0 aromatic heterocycles. The molecule has 0 aliphatic carbocycles. The second kappa shape index (κ2) is 6.02. The first-order chi connectivity index (χ1) is 6.44. The molecule has 14 heavy (non-hydrogen) atoms. The first kappa shape index (κ1) is 13.4. The Labute approximate surface area is 87.2 Å². The zero-order valence-corrected chi connectivity index (χ0v) is 10.0. The maximum Gasteiger partial charge on any atom is 0.251 e. The van der Waals surface area contributed by atoms with Crippen LogP contribution in [-0.2, 0) is 9.53 Å². The summed E-state index contributed by atoms with van der Waals surface area (Å²) in [5.74, 6) is -0.0383. The van der Waals surface area contributed by atoms with Crippen molar-refractivity contribution < 1.29 is 9.53 Å². The number of unbranched alkanes of at least 4 members (excludes halogenated alkanes) is 1. The normalized spacial score (nSPS) is 13.8. The molecule has 0 radical (unpaired) electrons. The molecule has 0 rings (SSSR count). The minimum atomic E-state index is -0.722. The van der Waals surface area contributed by atoms with Gasteiger partial charge in [-0.15, -0.1) is 0 Å². The molecule has 0 fully saturated rings. The van der Waals surface area contributed by atoms with Crippen LogP contribution in [0.3, 0.4) is 0 Å². The Morgan fingerprint density at radius 3 is 2.50 bits per heavy atom. The largest absolute Gasteiger partial charge is 0.369 e. The molecule has 0 aromatic rings. The van der Waals surface area contributed by atoms with Gasteiger partial charge in [0.05, 0.1) is 0 Å². The van der Waals surface area contributed by atoms with Gasteiger partial charge in [0.15, 0.2) is 0 Å². The number of nitrogens with one attached hydrogen (secondary N) is 1. The van der Waals surface area contributed by atoms with Crippen molar-refractivity contribution >= 4 is 5.91 Å². The summed E-state index contributed by atoms with van der Waals surface area (Å²) in [7, 11) is 1.55. The highest BCUT2D eigenvalue weighted by Gasteiger charge is 2.27. The minimum Gasteiger partial charge on any atom is -0.369 e. The molecule has 0 aliphatic heterocycles. The average molecular weight is 201 g/mol. The van der Waals surface area contributed by atoms with Gasteiger partial charge < -0.3 is 10.1 Å². The van der Waals surface area contributed by atoms with Gasteiger partial charge in [-0.25, -0.2) is 0 Å². The number of amides is 1. The number of carbonyl (C=O) groups excluding carboxylic acids is 1. The Morgan fingerprint density at radius 1 is 1.50 bits per heavy atom. The van der Waals surface area contributed by atoms with Gasteiger partial charge in [0.1, 0.15) is 5.60 Å². The third kappa shape index (κ3) is 4.61. The van der Waals surface area contributed by atoms with Crippen LogP contribution in [0, 0.1) is 0 Å². The number of methoxy groups -OCH3 is 1. The van der Waals surface area contributed by atoms with E-state index in [2.05, 4.69) is 12.2 Å². The summed E-state index contributed by atoms with van der Waals surface area (Å²) in [5, 5.41) is 2.94. The highest BCUT2D eigenvalue weighted by Crippen LogP contribution is 2.08. The quantitative estimate of drug-likeness (QED) is 0.714. The minimum absolute atomic E-state index is 0.0383. The van der Waals surface area contributed by atoms with Gasteiger partial charge in [0.2, 0.25) is 0 Å². The Morgan fingerprint density at radius 2 is 2.07 bits per heavy atom. The van der Waals surface area contributed by atoms with Crippen molar-refractivity contribution in [3.63, 3.8) is 0 Å². The molecule has 3 heteroatoms. The van der Waals surface area contributed by atoms with Crippen molar-refractivity contribution in [3.05, 3.63) is 0 Å². The molecule has 0 heterocycles. The molecule has 3 nitrogen and oxygen atoms in total. The van der Waals surface area contributed by atoms with Gasteiger partial charge >= 0.3 is 0 Å². The molecule has 0 aliphatic rings. The lowest BCUT2D eigenvalue weighted by Gasteiger charge is -2.24. The predicted octanol–water partition coefficient (Wildman–Crippen LogP) is 2.11. The molecule has 1 N–H and O–H groups in total. The summed E-state index contributed by atoms with van der Waals surface area (Å²) in [6.07, 6.45) is 3.34.